The summed E-state index contributed by atoms with van der Waals surface area (Å²) < 4.78 is 48.0. The molecule has 0 aliphatic heterocycles. The van der Waals surface area contributed by atoms with Crippen molar-refractivity contribution in [3.05, 3.63) is 71.4 Å². The third-order valence-corrected chi connectivity index (χ3v) is 4.05. The zero-order valence-electron chi connectivity index (χ0n) is 13.8. The van der Waals surface area contributed by atoms with Gasteiger partial charge in [-0.25, -0.2) is 0 Å². The van der Waals surface area contributed by atoms with Crippen LogP contribution >= 0.6 is 0 Å². The highest BCUT2D eigenvalue weighted by Gasteiger charge is 2.40. The lowest BCUT2D eigenvalue weighted by molar-refractivity contribution is -0.137. The zero-order chi connectivity index (χ0) is 18.0. The number of hydrogen-bond donors (Lipinski definition) is 0. The van der Waals surface area contributed by atoms with Crippen molar-refractivity contribution in [1.82, 2.24) is 9.78 Å². The lowest BCUT2D eigenvalue weighted by Gasteiger charge is -2.13. The quantitative estimate of drug-likeness (QED) is 0.684. The standard InChI is InChI=1S/C19H17F3N2O/c1-24-15(12-14-10-6-7-11-16(14)25-2)17(19(20,21)22)18(23-24)13-8-4-3-5-9-13/h3-11H,12H2,1-2H3. The Balaban J connectivity index is 2.15. The number of aromatic nitrogens is 2. The minimum atomic E-state index is -4.50. The molecule has 0 N–H and O–H groups in total. The van der Waals surface area contributed by atoms with Gasteiger partial charge in [0.05, 0.1) is 12.8 Å². The van der Waals surface area contributed by atoms with E-state index in [4.69, 9.17) is 4.74 Å². The Morgan fingerprint density at radius 1 is 1.00 bits per heavy atom. The fraction of sp³-hybridized carbons (Fsp3) is 0.211. The summed E-state index contributed by atoms with van der Waals surface area (Å²) in [5.74, 6) is 0.554. The van der Waals surface area contributed by atoms with Crippen molar-refractivity contribution in [2.45, 2.75) is 12.6 Å². The summed E-state index contributed by atoms with van der Waals surface area (Å²) in [6.07, 6.45) is -4.42. The fourth-order valence-electron chi connectivity index (χ4n) is 2.89. The van der Waals surface area contributed by atoms with Gasteiger partial charge in [0.15, 0.2) is 0 Å². The Hall–Kier alpha value is -2.76. The van der Waals surface area contributed by atoms with Crippen LogP contribution in [0.15, 0.2) is 54.6 Å². The van der Waals surface area contributed by atoms with E-state index in [1.165, 1.54) is 18.8 Å². The molecule has 25 heavy (non-hydrogen) atoms. The number of methoxy groups -OCH3 is 1. The van der Waals surface area contributed by atoms with Crippen molar-refractivity contribution in [2.24, 2.45) is 7.05 Å². The molecule has 0 amide bonds. The average Bonchev–Trinajstić information content (AvgIpc) is 2.93. The molecule has 0 fully saturated rings. The Labute approximate surface area is 143 Å². The smallest absolute Gasteiger partial charge is 0.420 e. The molecule has 6 heteroatoms. The molecule has 3 nitrogen and oxygen atoms in total. The monoisotopic (exact) mass is 346 g/mol. The van der Waals surface area contributed by atoms with Crippen LogP contribution in [0, 0.1) is 0 Å². The number of ether oxygens (including phenoxy) is 1. The number of para-hydroxylation sites is 1. The maximum atomic E-state index is 13.8. The fourth-order valence-corrected chi connectivity index (χ4v) is 2.89. The molecule has 0 aliphatic rings. The van der Waals surface area contributed by atoms with Crippen LogP contribution in [0.25, 0.3) is 11.3 Å². The molecule has 0 radical (unpaired) electrons. The van der Waals surface area contributed by atoms with E-state index in [0.29, 0.717) is 16.9 Å². The van der Waals surface area contributed by atoms with E-state index in [0.717, 1.165) is 0 Å². The molecule has 0 aliphatic carbocycles. The lowest BCUT2D eigenvalue weighted by Crippen LogP contribution is -2.11. The summed E-state index contributed by atoms with van der Waals surface area (Å²) in [4.78, 5) is 0. The molecular formula is C19H17F3N2O. The van der Waals surface area contributed by atoms with Crippen molar-refractivity contribution < 1.29 is 17.9 Å². The van der Waals surface area contributed by atoms with Gasteiger partial charge >= 0.3 is 6.18 Å². The number of benzene rings is 2. The van der Waals surface area contributed by atoms with Crippen molar-refractivity contribution >= 4 is 0 Å². The van der Waals surface area contributed by atoms with E-state index < -0.39 is 11.7 Å². The van der Waals surface area contributed by atoms with Gasteiger partial charge in [0, 0.05) is 24.6 Å². The Morgan fingerprint density at radius 2 is 1.64 bits per heavy atom. The van der Waals surface area contributed by atoms with Gasteiger partial charge < -0.3 is 4.74 Å². The Kier molecular flexibility index (Phi) is 4.53. The predicted octanol–water partition coefficient (Wildman–Crippen LogP) is 4.71. The van der Waals surface area contributed by atoms with Gasteiger partial charge in [-0.15, -0.1) is 0 Å². The van der Waals surface area contributed by atoms with Crippen LogP contribution in [-0.4, -0.2) is 16.9 Å². The second kappa shape index (κ2) is 6.63. The topological polar surface area (TPSA) is 27.1 Å². The number of nitrogens with zero attached hydrogens (tertiary/aromatic N) is 2. The van der Waals surface area contributed by atoms with Gasteiger partial charge in [0.2, 0.25) is 0 Å². The van der Waals surface area contributed by atoms with E-state index in [1.807, 2.05) is 0 Å². The average molecular weight is 346 g/mol. The first-order chi connectivity index (χ1) is 11.9. The van der Waals surface area contributed by atoms with E-state index >= 15 is 0 Å². The second-order valence-electron chi connectivity index (χ2n) is 5.65. The normalized spacial score (nSPS) is 11.6. The van der Waals surface area contributed by atoms with Crippen LogP contribution < -0.4 is 4.74 Å². The van der Waals surface area contributed by atoms with Crippen molar-refractivity contribution in [2.75, 3.05) is 7.11 Å². The number of halogens is 3. The highest BCUT2D eigenvalue weighted by atomic mass is 19.4. The van der Waals surface area contributed by atoms with Gasteiger partial charge in [-0.3, -0.25) is 4.68 Å². The van der Waals surface area contributed by atoms with E-state index in [-0.39, 0.29) is 17.8 Å². The van der Waals surface area contributed by atoms with E-state index in [9.17, 15) is 13.2 Å². The second-order valence-corrected chi connectivity index (χ2v) is 5.65. The van der Waals surface area contributed by atoms with Crippen LogP contribution in [0.1, 0.15) is 16.8 Å². The van der Waals surface area contributed by atoms with Crippen LogP contribution in [0.5, 0.6) is 5.75 Å². The summed E-state index contributed by atoms with van der Waals surface area (Å²) in [7, 11) is 3.04. The molecule has 0 saturated carbocycles. The summed E-state index contributed by atoms with van der Waals surface area (Å²) in [6, 6.07) is 15.5. The highest BCUT2D eigenvalue weighted by Crippen LogP contribution is 2.40. The number of hydrogen-bond acceptors (Lipinski definition) is 2. The Morgan fingerprint density at radius 3 is 2.28 bits per heavy atom. The molecule has 130 valence electrons. The molecular weight excluding hydrogens is 329 g/mol. The SMILES string of the molecule is COc1ccccc1Cc1c(C(F)(F)F)c(-c2ccccc2)nn1C. The number of rotatable bonds is 4. The molecule has 0 bridgehead atoms. The number of aryl methyl sites for hydroxylation is 1. The summed E-state index contributed by atoms with van der Waals surface area (Å²) in [5, 5.41) is 4.15. The molecule has 3 aromatic rings. The first-order valence-electron chi connectivity index (χ1n) is 7.72. The zero-order valence-corrected chi connectivity index (χ0v) is 13.8. The molecule has 1 heterocycles. The predicted molar refractivity (Wildman–Crippen MR) is 89.4 cm³/mol. The van der Waals surface area contributed by atoms with E-state index in [1.54, 1.807) is 54.6 Å². The third-order valence-electron chi connectivity index (χ3n) is 4.05. The van der Waals surface area contributed by atoms with Gasteiger partial charge in [-0.2, -0.15) is 18.3 Å². The first-order valence-corrected chi connectivity index (χ1v) is 7.72. The molecule has 0 unspecified atom stereocenters. The molecule has 0 spiro atoms. The van der Waals surface area contributed by atoms with Crippen LogP contribution in [0.2, 0.25) is 0 Å². The van der Waals surface area contributed by atoms with Crippen LogP contribution in [0.3, 0.4) is 0 Å². The summed E-state index contributed by atoms with van der Waals surface area (Å²) in [5.41, 5.74) is 0.471. The van der Waals surface area contributed by atoms with Gasteiger partial charge in [0.1, 0.15) is 17.0 Å². The van der Waals surface area contributed by atoms with Gasteiger partial charge in [-0.05, 0) is 6.07 Å². The highest BCUT2D eigenvalue weighted by molar-refractivity contribution is 5.65. The largest absolute Gasteiger partial charge is 0.496 e. The molecule has 0 atom stereocenters. The van der Waals surface area contributed by atoms with Crippen molar-refractivity contribution in [3.63, 3.8) is 0 Å². The van der Waals surface area contributed by atoms with Gasteiger partial charge in [0.25, 0.3) is 0 Å². The van der Waals surface area contributed by atoms with Gasteiger partial charge in [-0.1, -0.05) is 48.5 Å². The molecule has 1 aromatic heterocycles. The van der Waals surface area contributed by atoms with Crippen molar-refractivity contribution in [3.8, 4) is 17.0 Å². The Bertz CT molecular complexity index is 870. The maximum Gasteiger partial charge on any atom is 0.420 e. The molecule has 3 rings (SSSR count). The maximum absolute atomic E-state index is 13.8. The first kappa shape index (κ1) is 17.1. The lowest BCUT2D eigenvalue weighted by atomic mass is 10.0. The van der Waals surface area contributed by atoms with Crippen LogP contribution in [-0.2, 0) is 19.6 Å². The molecule has 2 aromatic carbocycles. The van der Waals surface area contributed by atoms with Crippen LogP contribution in [0.4, 0.5) is 13.2 Å². The molecule has 0 saturated heterocycles. The summed E-state index contributed by atoms with van der Waals surface area (Å²) in [6.45, 7) is 0. The summed E-state index contributed by atoms with van der Waals surface area (Å²) >= 11 is 0. The minimum Gasteiger partial charge on any atom is -0.496 e. The number of alkyl halides is 3. The third kappa shape index (κ3) is 3.38. The minimum absolute atomic E-state index is 0.0551. The van der Waals surface area contributed by atoms with E-state index in [2.05, 4.69) is 5.10 Å². The van der Waals surface area contributed by atoms with Crippen molar-refractivity contribution in [1.29, 1.82) is 0 Å².